The highest BCUT2D eigenvalue weighted by molar-refractivity contribution is 5.94. The number of ether oxygens (including phenoxy) is 1. The van der Waals surface area contributed by atoms with Gasteiger partial charge >= 0.3 is 0 Å². The number of amides is 2. The maximum absolute atomic E-state index is 12.1. The third-order valence-corrected chi connectivity index (χ3v) is 3.86. The number of rotatable bonds is 9. The standard InChI is InChI=1S/C21H23N3O3/c1-2-12-23-20(25)11-13-24-21(26)16-7-9-19(10-8-16)27-15-18-6-4-3-5-17(18)14-22/h3-10H,2,11-13,15H2,1H3,(H,23,25)(H,24,26). The fraction of sp³-hybridized carbons (Fsp3) is 0.286. The molecule has 0 aliphatic carbocycles. The Morgan fingerprint density at radius 1 is 1.04 bits per heavy atom. The Labute approximate surface area is 159 Å². The van der Waals surface area contributed by atoms with Crippen molar-refractivity contribution < 1.29 is 14.3 Å². The molecular formula is C21H23N3O3. The van der Waals surface area contributed by atoms with E-state index < -0.39 is 0 Å². The summed E-state index contributed by atoms with van der Waals surface area (Å²) in [5.74, 6) is 0.302. The van der Waals surface area contributed by atoms with E-state index >= 15 is 0 Å². The average Bonchev–Trinajstić information content (AvgIpc) is 2.71. The number of carbonyl (C=O) groups excluding carboxylic acids is 2. The van der Waals surface area contributed by atoms with Crippen LogP contribution in [0.25, 0.3) is 0 Å². The molecule has 140 valence electrons. The average molecular weight is 365 g/mol. The van der Waals surface area contributed by atoms with Crippen LogP contribution < -0.4 is 15.4 Å². The van der Waals surface area contributed by atoms with Gasteiger partial charge < -0.3 is 15.4 Å². The van der Waals surface area contributed by atoms with E-state index in [2.05, 4.69) is 16.7 Å². The molecule has 0 saturated carbocycles. The lowest BCUT2D eigenvalue weighted by Gasteiger charge is -2.09. The second-order valence-electron chi connectivity index (χ2n) is 5.94. The number of nitriles is 1. The molecular weight excluding hydrogens is 342 g/mol. The predicted octanol–water partition coefficient (Wildman–Crippen LogP) is 2.78. The summed E-state index contributed by atoms with van der Waals surface area (Å²) in [6.07, 6.45) is 1.14. The van der Waals surface area contributed by atoms with E-state index in [0.717, 1.165) is 12.0 Å². The molecule has 0 bridgehead atoms. The first-order chi connectivity index (χ1) is 13.1. The van der Waals surface area contributed by atoms with Crippen LogP contribution >= 0.6 is 0 Å². The highest BCUT2D eigenvalue weighted by Gasteiger charge is 2.07. The maximum Gasteiger partial charge on any atom is 0.251 e. The van der Waals surface area contributed by atoms with Gasteiger partial charge in [0.2, 0.25) is 5.91 Å². The normalized spacial score (nSPS) is 9.93. The van der Waals surface area contributed by atoms with Crippen molar-refractivity contribution in [3.63, 3.8) is 0 Å². The van der Waals surface area contributed by atoms with Crippen LogP contribution in [0.1, 0.15) is 41.3 Å². The highest BCUT2D eigenvalue weighted by atomic mass is 16.5. The summed E-state index contributed by atoms with van der Waals surface area (Å²) in [5, 5.41) is 14.6. The van der Waals surface area contributed by atoms with Crippen LogP contribution in [0.4, 0.5) is 0 Å². The zero-order valence-electron chi connectivity index (χ0n) is 15.3. The lowest BCUT2D eigenvalue weighted by Crippen LogP contribution is -2.31. The number of benzene rings is 2. The molecule has 0 heterocycles. The summed E-state index contributed by atoms with van der Waals surface area (Å²) in [7, 11) is 0. The second kappa shape index (κ2) is 10.6. The topological polar surface area (TPSA) is 91.2 Å². The van der Waals surface area contributed by atoms with Gasteiger partial charge in [0.25, 0.3) is 5.91 Å². The highest BCUT2D eigenvalue weighted by Crippen LogP contribution is 2.16. The van der Waals surface area contributed by atoms with E-state index in [9.17, 15) is 9.59 Å². The van der Waals surface area contributed by atoms with Crippen molar-refractivity contribution in [2.45, 2.75) is 26.4 Å². The van der Waals surface area contributed by atoms with Crippen LogP contribution in [-0.4, -0.2) is 24.9 Å². The van der Waals surface area contributed by atoms with Crippen molar-refractivity contribution >= 4 is 11.8 Å². The molecule has 27 heavy (non-hydrogen) atoms. The van der Waals surface area contributed by atoms with E-state index in [0.29, 0.717) is 23.4 Å². The lowest BCUT2D eigenvalue weighted by atomic mass is 10.1. The van der Waals surface area contributed by atoms with Crippen LogP contribution in [0.3, 0.4) is 0 Å². The summed E-state index contributed by atoms with van der Waals surface area (Å²) in [6.45, 7) is 3.20. The summed E-state index contributed by atoms with van der Waals surface area (Å²) in [6, 6.07) is 16.1. The molecule has 2 aromatic rings. The summed E-state index contributed by atoms with van der Waals surface area (Å²) in [5.41, 5.74) is 1.88. The Bertz CT molecular complexity index is 810. The molecule has 6 nitrogen and oxygen atoms in total. The molecule has 0 saturated heterocycles. The molecule has 2 aromatic carbocycles. The molecule has 0 aliphatic rings. The number of nitrogens with one attached hydrogen (secondary N) is 2. The van der Waals surface area contributed by atoms with Crippen LogP contribution in [0.15, 0.2) is 48.5 Å². The zero-order valence-corrected chi connectivity index (χ0v) is 15.3. The summed E-state index contributed by atoms with van der Waals surface area (Å²) < 4.78 is 5.68. The smallest absolute Gasteiger partial charge is 0.251 e. The SMILES string of the molecule is CCCNC(=O)CCNC(=O)c1ccc(OCc2ccccc2C#N)cc1. The van der Waals surface area contributed by atoms with Crippen LogP contribution in [-0.2, 0) is 11.4 Å². The zero-order chi connectivity index (χ0) is 19.5. The van der Waals surface area contributed by atoms with Gasteiger partial charge in [0.05, 0.1) is 11.6 Å². The maximum atomic E-state index is 12.1. The fourth-order valence-electron chi connectivity index (χ4n) is 2.36. The molecule has 0 fully saturated rings. The van der Waals surface area contributed by atoms with Gasteiger partial charge in [0.1, 0.15) is 12.4 Å². The molecule has 0 atom stereocenters. The Hall–Kier alpha value is -3.33. The van der Waals surface area contributed by atoms with Crippen molar-refractivity contribution in [2.24, 2.45) is 0 Å². The van der Waals surface area contributed by atoms with Gasteiger partial charge in [-0.25, -0.2) is 0 Å². The first-order valence-electron chi connectivity index (χ1n) is 8.89. The van der Waals surface area contributed by atoms with Crippen molar-refractivity contribution in [1.82, 2.24) is 10.6 Å². The van der Waals surface area contributed by atoms with E-state index in [1.54, 1.807) is 30.3 Å². The van der Waals surface area contributed by atoms with Crippen molar-refractivity contribution in [2.75, 3.05) is 13.1 Å². The minimum Gasteiger partial charge on any atom is -0.489 e. The Kier molecular flexibility index (Phi) is 7.86. The predicted molar refractivity (Wildman–Crippen MR) is 102 cm³/mol. The Morgan fingerprint density at radius 2 is 1.78 bits per heavy atom. The van der Waals surface area contributed by atoms with Gasteiger partial charge in [-0.05, 0) is 36.8 Å². The van der Waals surface area contributed by atoms with Crippen molar-refractivity contribution in [3.05, 3.63) is 65.2 Å². The minimum atomic E-state index is -0.236. The second-order valence-corrected chi connectivity index (χ2v) is 5.94. The third-order valence-electron chi connectivity index (χ3n) is 3.86. The van der Waals surface area contributed by atoms with Crippen LogP contribution in [0.5, 0.6) is 5.75 Å². The van der Waals surface area contributed by atoms with E-state index in [1.165, 1.54) is 0 Å². The van der Waals surface area contributed by atoms with Crippen LogP contribution in [0.2, 0.25) is 0 Å². The molecule has 2 N–H and O–H groups in total. The summed E-state index contributed by atoms with van der Waals surface area (Å²) in [4.78, 5) is 23.6. The lowest BCUT2D eigenvalue weighted by molar-refractivity contribution is -0.120. The molecule has 0 aromatic heterocycles. The van der Waals surface area contributed by atoms with Gasteiger partial charge in [-0.1, -0.05) is 25.1 Å². The van der Waals surface area contributed by atoms with Gasteiger partial charge in [-0.15, -0.1) is 0 Å². The largest absolute Gasteiger partial charge is 0.489 e. The van der Waals surface area contributed by atoms with Crippen molar-refractivity contribution in [3.8, 4) is 11.8 Å². The Morgan fingerprint density at radius 3 is 2.48 bits per heavy atom. The molecule has 0 spiro atoms. The number of nitrogens with zero attached hydrogens (tertiary/aromatic N) is 1. The van der Waals surface area contributed by atoms with Gasteiger partial charge in [-0.2, -0.15) is 5.26 Å². The quantitative estimate of drug-likeness (QED) is 0.715. The van der Waals surface area contributed by atoms with Gasteiger partial charge in [0, 0.05) is 30.6 Å². The first kappa shape index (κ1) is 20.0. The van der Waals surface area contributed by atoms with E-state index in [1.807, 2.05) is 25.1 Å². The number of hydrogen-bond acceptors (Lipinski definition) is 4. The van der Waals surface area contributed by atoms with Crippen molar-refractivity contribution in [1.29, 1.82) is 5.26 Å². The van der Waals surface area contributed by atoms with Crippen LogP contribution in [0, 0.1) is 11.3 Å². The number of carbonyl (C=O) groups is 2. The fourth-order valence-corrected chi connectivity index (χ4v) is 2.36. The Balaban J connectivity index is 1.81. The first-order valence-corrected chi connectivity index (χ1v) is 8.89. The summed E-state index contributed by atoms with van der Waals surface area (Å²) >= 11 is 0. The van der Waals surface area contributed by atoms with Gasteiger partial charge in [-0.3, -0.25) is 9.59 Å². The molecule has 0 aliphatic heterocycles. The minimum absolute atomic E-state index is 0.0708. The monoisotopic (exact) mass is 365 g/mol. The third kappa shape index (κ3) is 6.48. The number of hydrogen-bond donors (Lipinski definition) is 2. The molecule has 0 radical (unpaired) electrons. The van der Waals surface area contributed by atoms with E-state index in [4.69, 9.17) is 10.00 Å². The van der Waals surface area contributed by atoms with Gasteiger partial charge in [0.15, 0.2) is 0 Å². The molecule has 0 unspecified atom stereocenters. The molecule has 2 amide bonds. The molecule has 6 heteroatoms. The van der Waals surface area contributed by atoms with E-state index in [-0.39, 0.29) is 31.4 Å². The molecule has 2 rings (SSSR count).